The molecule has 2 aromatic rings. The van der Waals surface area contributed by atoms with Crippen LogP contribution in [0.15, 0.2) is 18.2 Å². The van der Waals surface area contributed by atoms with Crippen LogP contribution in [0, 0.1) is 17.6 Å². The summed E-state index contributed by atoms with van der Waals surface area (Å²) in [6.07, 6.45) is 1.96. The number of fused-ring (bicyclic) bond motifs is 1. The van der Waals surface area contributed by atoms with E-state index in [1.165, 1.54) is 6.07 Å². The van der Waals surface area contributed by atoms with Crippen LogP contribution in [0.2, 0.25) is 0 Å². The Morgan fingerprint density at radius 3 is 2.67 bits per heavy atom. The molecule has 1 unspecified atom stereocenters. The van der Waals surface area contributed by atoms with Gasteiger partial charge in [0.1, 0.15) is 5.69 Å². The molecule has 1 aliphatic rings. The number of aromatic nitrogens is 2. The summed E-state index contributed by atoms with van der Waals surface area (Å²) < 4.78 is 29.0. The summed E-state index contributed by atoms with van der Waals surface area (Å²) in [4.78, 5) is 11.3. The Bertz CT molecular complexity index is 704. The van der Waals surface area contributed by atoms with E-state index >= 15 is 0 Å². The molecule has 3 rings (SSSR count). The number of para-hydroxylation sites is 1. The zero-order chi connectivity index (χ0) is 15.1. The van der Waals surface area contributed by atoms with Gasteiger partial charge in [-0.1, -0.05) is 13.0 Å². The summed E-state index contributed by atoms with van der Waals surface area (Å²) in [7, 11) is 0. The number of hydrogen-bond acceptors (Lipinski definition) is 2. The van der Waals surface area contributed by atoms with Crippen molar-refractivity contribution in [3.63, 3.8) is 0 Å². The van der Waals surface area contributed by atoms with Gasteiger partial charge < -0.3 is 5.11 Å². The molecule has 4 nitrogen and oxygen atoms in total. The molecule has 1 atom stereocenters. The number of carboxylic acid groups (broad SMARTS) is 1. The Morgan fingerprint density at radius 2 is 2.05 bits per heavy atom. The maximum Gasteiger partial charge on any atom is 0.356 e. The Morgan fingerprint density at radius 1 is 1.38 bits per heavy atom. The largest absolute Gasteiger partial charge is 0.476 e. The van der Waals surface area contributed by atoms with E-state index in [0.717, 1.165) is 23.2 Å². The lowest BCUT2D eigenvalue weighted by Crippen LogP contribution is -2.15. The van der Waals surface area contributed by atoms with Crippen LogP contribution in [-0.4, -0.2) is 20.9 Å². The highest BCUT2D eigenvalue weighted by Gasteiger charge is 2.29. The molecule has 1 N–H and O–H groups in total. The molecular weight excluding hydrogens is 278 g/mol. The quantitative estimate of drug-likeness (QED) is 0.925. The number of nitrogens with zero attached hydrogens (tertiary/aromatic N) is 2. The lowest BCUT2D eigenvalue weighted by Gasteiger charge is -2.19. The zero-order valence-corrected chi connectivity index (χ0v) is 11.4. The first-order chi connectivity index (χ1) is 9.99. The van der Waals surface area contributed by atoms with Gasteiger partial charge in [0.25, 0.3) is 0 Å². The van der Waals surface area contributed by atoms with Gasteiger partial charge in [-0.3, -0.25) is 0 Å². The minimum absolute atomic E-state index is 0.112. The first-order valence-electron chi connectivity index (χ1n) is 6.77. The SMILES string of the molecule is CC1CCc2c(c(C(=O)O)nn2-c2c(F)cccc2F)C1. The molecule has 1 aliphatic carbocycles. The van der Waals surface area contributed by atoms with Gasteiger partial charge in [0, 0.05) is 11.3 Å². The van der Waals surface area contributed by atoms with Crippen LogP contribution in [0.4, 0.5) is 8.78 Å². The first kappa shape index (κ1) is 13.7. The summed E-state index contributed by atoms with van der Waals surface area (Å²) in [5, 5.41) is 13.2. The van der Waals surface area contributed by atoms with Crippen molar-refractivity contribution in [2.24, 2.45) is 5.92 Å². The summed E-state index contributed by atoms with van der Waals surface area (Å²) in [5.74, 6) is -2.35. The maximum absolute atomic E-state index is 13.9. The van der Waals surface area contributed by atoms with E-state index in [1.807, 2.05) is 6.92 Å². The molecule has 1 heterocycles. The molecule has 0 saturated heterocycles. The molecule has 0 fully saturated rings. The van der Waals surface area contributed by atoms with Gasteiger partial charge >= 0.3 is 5.97 Å². The van der Waals surface area contributed by atoms with Crippen molar-refractivity contribution in [3.8, 4) is 5.69 Å². The third kappa shape index (κ3) is 2.20. The van der Waals surface area contributed by atoms with E-state index in [1.54, 1.807) is 0 Å². The summed E-state index contributed by atoms with van der Waals surface area (Å²) in [5.41, 5.74) is 0.758. The minimum atomic E-state index is -1.17. The summed E-state index contributed by atoms with van der Waals surface area (Å²) >= 11 is 0. The second-order valence-corrected chi connectivity index (χ2v) is 5.41. The molecule has 0 saturated carbocycles. The number of carboxylic acids is 1. The van der Waals surface area contributed by atoms with Gasteiger partial charge in [-0.2, -0.15) is 5.10 Å². The van der Waals surface area contributed by atoms with Crippen molar-refractivity contribution in [2.75, 3.05) is 0 Å². The number of hydrogen-bond donors (Lipinski definition) is 1. The molecule has 6 heteroatoms. The van der Waals surface area contributed by atoms with E-state index in [4.69, 9.17) is 0 Å². The monoisotopic (exact) mass is 292 g/mol. The van der Waals surface area contributed by atoms with Crippen molar-refractivity contribution in [3.05, 3.63) is 46.8 Å². The van der Waals surface area contributed by atoms with Crippen LogP contribution in [0.3, 0.4) is 0 Å². The summed E-state index contributed by atoms with van der Waals surface area (Å²) in [6.45, 7) is 2.02. The topological polar surface area (TPSA) is 55.1 Å². The Kier molecular flexibility index (Phi) is 3.23. The number of carbonyl (C=O) groups is 1. The minimum Gasteiger partial charge on any atom is -0.476 e. The van der Waals surface area contributed by atoms with Crippen molar-refractivity contribution in [2.45, 2.75) is 26.2 Å². The van der Waals surface area contributed by atoms with Crippen LogP contribution in [-0.2, 0) is 12.8 Å². The van der Waals surface area contributed by atoms with Crippen molar-refractivity contribution in [1.29, 1.82) is 0 Å². The van der Waals surface area contributed by atoms with Gasteiger partial charge in [0.05, 0.1) is 0 Å². The van der Waals surface area contributed by atoms with E-state index in [2.05, 4.69) is 5.10 Å². The normalized spacial score (nSPS) is 17.6. The Hall–Kier alpha value is -2.24. The standard InChI is InChI=1S/C15H14F2N2O2/c1-8-5-6-12-9(7-8)13(15(20)21)18-19(12)14-10(16)3-2-4-11(14)17/h2-4,8H,5-7H2,1H3,(H,20,21). The highest BCUT2D eigenvalue weighted by Crippen LogP contribution is 2.31. The molecule has 1 aromatic heterocycles. The predicted molar refractivity (Wildman–Crippen MR) is 71.6 cm³/mol. The van der Waals surface area contributed by atoms with Crippen LogP contribution in [0.5, 0.6) is 0 Å². The van der Waals surface area contributed by atoms with Gasteiger partial charge in [-0.25, -0.2) is 18.3 Å². The van der Waals surface area contributed by atoms with Gasteiger partial charge in [0.2, 0.25) is 0 Å². The number of aromatic carboxylic acids is 1. The first-order valence-corrected chi connectivity index (χ1v) is 6.77. The number of benzene rings is 1. The van der Waals surface area contributed by atoms with Crippen molar-refractivity contribution < 1.29 is 18.7 Å². The fourth-order valence-electron chi connectivity index (χ4n) is 2.84. The zero-order valence-electron chi connectivity index (χ0n) is 11.4. The van der Waals surface area contributed by atoms with E-state index in [9.17, 15) is 18.7 Å². The highest BCUT2D eigenvalue weighted by molar-refractivity contribution is 5.87. The fourth-order valence-corrected chi connectivity index (χ4v) is 2.84. The second kappa shape index (κ2) is 4.95. The lowest BCUT2D eigenvalue weighted by atomic mass is 9.87. The molecular formula is C15H14F2N2O2. The molecule has 0 amide bonds. The predicted octanol–water partition coefficient (Wildman–Crippen LogP) is 2.97. The molecule has 0 spiro atoms. The van der Waals surface area contributed by atoms with Crippen molar-refractivity contribution in [1.82, 2.24) is 9.78 Å². The average molecular weight is 292 g/mol. The molecule has 0 aliphatic heterocycles. The van der Waals surface area contributed by atoms with Gasteiger partial charge in [0.15, 0.2) is 17.3 Å². The lowest BCUT2D eigenvalue weighted by molar-refractivity contribution is 0.0688. The number of rotatable bonds is 2. The summed E-state index contributed by atoms with van der Waals surface area (Å²) in [6, 6.07) is 3.54. The van der Waals surface area contributed by atoms with Crippen LogP contribution >= 0.6 is 0 Å². The molecule has 0 bridgehead atoms. The Labute approximate surface area is 120 Å². The van der Waals surface area contributed by atoms with Crippen molar-refractivity contribution >= 4 is 5.97 Å². The van der Waals surface area contributed by atoms with E-state index < -0.39 is 17.6 Å². The Balaban J connectivity index is 2.25. The smallest absolute Gasteiger partial charge is 0.356 e. The van der Waals surface area contributed by atoms with Crippen LogP contribution in [0.1, 0.15) is 35.1 Å². The van der Waals surface area contributed by atoms with Crippen LogP contribution < -0.4 is 0 Å². The van der Waals surface area contributed by atoms with Crippen LogP contribution in [0.25, 0.3) is 5.69 Å². The molecule has 110 valence electrons. The third-order valence-electron chi connectivity index (χ3n) is 3.87. The van der Waals surface area contributed by atoms with Gasteiger partial charge in [-0.05, 0) is 37.3 Å². The van der Waals surface area contributed by atoms with Gasteiger partial charge in [-0.15, -0.1) is 0 Å². The number of halogens is 2. The maximum atomic E-state index is 13.9. The third-order valence-corrected chi connectivity index (χ3v) is 3.87. The molecule has 1 aromatic carbocycles. The molecule has 0 radical (unpaired) electrons. The highest BCUT2D eigenvalue weighted by atomic mass is 19.1. The van der Waals surface area contributed by atoms with E-state index in [-0.39, 0.29) is 11.4 Å². The average Bonchev–Trinajstić information content (AvgIpc) is 2.77. The molecule has 21 heavy (non-hydrogen) atoms. The second-order valence-electron chi connectivity index (χ2n) is 5.41. The van der Waals surface area contributed by atoms with E-state index in [0.29, 0.717) is 30.0 Å². The fraction of sp³-hybridized carbons (Fsp3) is 0.333.